The van der Waals surface area contributed by atoms with E-state index in [0.29, 0.717) is 6.04 Å². The maximum atomic E-state index is 3.55. The SMILES string of the molecule is CCc1ccc(NC(C)c2sccc2C)cc1. The zero-order chi connectivity index (χ0) is 12.3. The summed E-state index contributed by atoms with van der Waals surface area (Å²) in [6.07, 6.45) is 1.10. The van der Waals surface area contributed by atoms with Crippen molar-refractivity contribution in [2.45, 2.75) is 33.2 Å². The van der Waals surface area contributed by atoms with Gasteiger partial charge in [0.2, 0.25) is 0 Å². The highest BCUT2D eigenvalue weighted by Gasteiger charge is 2.09. The number of rotatable bonds is 4. The lowest BCUT2D eigenvalue weighted by molar-refractivity contribution is 0.899. The van der Waals surface area contributed by atoms with Crippen molar-refractivity contribution < 1.29 is 0 Å². The molecule has 0 fully saturated rings. The Bertz CT molecular complexity index is 470. The van der Waals surface area contributed by atoms with Crippen molar-refractivity contribution in [2.75, 3.05) is 5.32 Å². The van der Waals surface area contributed by atoms with Crippen LogP contribution in [0.5, 0.6) is 0 Å². The number of thiophene rings is 1. The Morgan fingerprint density at radius 2 is 1.88 bits per heavy atom. The van der Waals surface area contributed by atoms with Gasteiger partial charge in [0.05, 0.1) is 6.04 Å². The van der Waals surface area contributed by atoms with Gasteiger partial charge >= 0.3 is 0 Å². The van der Waals surface area contributed by atoms with E-state index in [2.05, 4.69) is 61.8 Å². The third kappa shape index (κ3) is 2.89. The lowest BCUT2D eigenvalue weighted by Crippen LogP contribution is -2.05. The van der Waals surface area contributed by atoms with Crippen molar-refractivity contribution in [3.8, 4) is 0 Å². The van der Waals surface area contributed by atoms with Gasteiger partial charge < -0.3 is 5.32 Å². The van der Waals surface area contributed by atoms with Crippen LogP contribution in [0.3, 0.4) is 0 Å². The van der Waals surface area contributed by atoms with Gasteiger partial charge in [-0.3, -0.25) is 0 Å². The van der Waals surface area contributed by atoms with Crippen molar-refractivity contribution in [1.82, 2.24) is 0 Å². The van der Waals surface area contributed by atoms with E-state index in [-0.39, 0.29) is 0 Å². The summed E-state index contributed by atoms with van der Waals surface area (Å²) >= 11 is 1.82. The summed E-state index contributed by atoms with van der Waals surface area (Å²) in [7, 11) is 0. The Morgan fingerprint density at radius 3 is 2.41 bits per heavy atom. The third-order valence-electron chi connectivity index (χ3n) is 3.04. The molecular weight excluding hydrogens is 226 g/mol. The van der Waals surface area contributed by atoms with E-state index in [0.717, 1.165) is 6.42 Å². The Morgan fingerprint density at radius 1 is 1.18 bits per heavy atom. The molecule has 1 atom stereocenters. The molecule has 0 saturated heterocycles. The van der Waals surface area contributed by atoms with Crippen LogP contribution in [0, 0.1) is 6.92 Å². The number of benzene rings is 1. The first kappa shape index (κ1) is 12.2. The Labute approximate surface area is 108 Å². The number of aryl methyl sites for hydroxylation is 2. The van der Waals surface area contributed by atoms with Crippen molar-refractivity contribution in [3.05, 3.63) is 51.7 Å². The lowest BCUT2D eigenvalue weighted by atomic mass is 10.1. The molecule has 1 nitrogen and oxygen atoms in total. The topological polar surface area (TPSA) is 12.0 Å². The van der Waals surface area contributed by atoms with Crippen LogP contribution in [-0.4, -0.2) is 0 Å². The second-order valence-corrected chi connectivity index (χ2v) is 5.33. The average molecular weight is 245 g/mol. The molecule has 0 aliphatic rings. The summed E-state index contributed by atoms with van der Waals surface area (Å²) in [6.45, 7) is 6.57. The molecule has 0 amide bonds. The monoisotopic (exact) mass is 245 g/mol. The molecule has 1 heterocycles. The van der Waals surface area contributed by atoms with E-state index in [4.69, 9.17) is 0 Å². The highest BCUT2D eigenvalue weighted by atomic mass is 32.1. The molecule has 0 aliphatic heterocycles. The van der Waals surface area contributed by atoms with Crippen LogP contribution in [0.25, 0.3) is 0 Å². The van der Waals surface area contributed by atoms with E-state index < -0.39 is 0 Å². The van der Waals surface area contributed by atoms with Gasteiger partial charge in [0.1, 0.15) is 0 Å². The van der Waals surface area contributed by atoms with Gasteiger partial charge in [-0.1, -0.05) is 19.1 Å². The maximum Gasteiger partial charge on any atom is 0.0581 e. The van der Waals surface area contributed by atoms with Gasteiger partial charge in [0.25, 0.3) is 0 Å². The van der Waals surface area contributed by atoms with Crippen molar-refractivity contribution in [1.29, 1.82) is 0 Å². The van der Waals surface area contributed by atoms with Gasteiger partial charge in [-0.25, -0.2) is 0 Å². The quantitative estimate of drug-likeness (QED) is 0.816. The van der Waals surface area contributed by atoms with E-state index in [9.17, 15) is 0 Å². The number of anilines is 1. The standard InChI is InChI=1S/C15H19NS/c1-4-13-5-7-14(8-6-13)16-12(3)15-11(2)9-10-17-15/h5-10,12,16H,4H2,1-3H3. The highest BCUT2D eigenvalue weighted by Crippen LogP contribution is 2.26. The molecule has 0 aliphatic carbocycles. The molecule has 90 valence electrons. The summed E-state index contributed by atoms with van der Waals surface area (Å²) in [5.41, 5.74) is 3.96. The van der Waals surface area contributed by atoms with E-state index >= 15 is 0 Å². The molecule has 0 bridgehead atoms. The zero-order valence-electron chi connectivity index (χ0n) is 10.7. The first-order valence-electron chi connectivity index (χ1n) is 6.10. The minimum absolute atomic E-state index is 0.377. The van der Waals surface area contributed by atoms with Crippen molar-refractivity contribution in [2.24, 2.45) is 0 Å². The molecule has 2 heteroatoms. The fourth-order valence-corrected chi connectivity index (χ4v) is 2.92. The number of hydrogen-bond acceptors (Lipinski definition) is 2. The maximum absolute atomic E-state index is 3.55. The number of nitrogens with one attached hydrogen (secondary N) is 1. The van der Waals surface area contributed by atoms with E-state index in [1.807, 2.05) is 11.3 Å². The molecule has 1 unspecified atom stereocenters. The van der Waals surface area contributed by atoms with Gasteiger partial charge in [-0.15, -0.1) is 11.3 Å². The molecule has 1 N–H and O–H groups in total. The van der Waals surface area contributed by atoms with E-state index in [1.165, 1.54) is 21.7 Å². The molecule has 2 aromatic rings. The van der Waals surface area contributed by atoms with Gasteiger partial charge in [-0.2, -0.15) is 0 Å². The second kappa shape index (κ2) is 5.37. The van der Waals surface area contributed by atoms with Crippen LogP contribution in [0.15, 0.2) is 35.7 Å². The summed E-state index contributed by atoms with van der Waals surface area (Å²) in [6, 6.07) is 11.3. The van der Waals surface area contributed by atoms with Gasteiger partial charge in [0.15, 0.2) is 0 Å². The van der Waals surface area contributed by atoms with Crippen molar-refractivity contribution in [3.63, 3.8) is 0 Å². The molecule has 2 rings (SSSR count). The minimum Gasteiger partial charge on any atom is -0.378 e. The largest absolute Gasteiger partial charge is 0.378 e. The normalized spacial score (nSPS) is 12.4. The van der Waals surface area contributed by atoms with Crippen LogP contribution >= 0.6 is 11.3 Å². The molecule has 0 radical (unpaired) electrons. The van der Waals surface area contributed by atoms with Crippen LogP contribution in [0.4, 0.5) is 5.69 Å². The molecule has 1 aromatic heterocycles. The number of hydrogen-bond donors (Lipinski definition) is 1. The summed E-state index contributed by atoms with van der Waals surface area (Å²) < 4.78 is 0. The Balaban J connectivity index is 2.07. The first-order valence-corrected chi connectivity index (χ1v) is 6.98. The molecule has 1 aromatic carbocycles. The van der Waals surface area contributed by atoms with Gasteiger partial charge in [-0.05, 0) is 55.0 Å². The predicted octanol–water partition coefficient (Wildman–Crippen LogP) is 4.79. The van der Waals surface area contributed by atoms with E-state index in [1.54, 1.807) is 0 Å². The summed E-state index contributed by atoms with van der Waals surface area (Å²) in [5.74, 6) is 0. The molecule has 17 heavy (non-hydrogen) atoms. The Hall–Kier alpha value is -1.28. The van der Waals surface area contributed by atoms with Crippen LogP contribution in [0.1, 0.15) is 35.9 Å². The summed E-state index contributed by atoms with van der Waals surface area (Å²) in [4.78, 5) is 1.42. The smallest absolute Gasteiger partial charge is 0.0581 e. The van der Waals surface area contributed by atoms with Crippen LogP contribution in [0.2, 0.25) is 0 Å². The zero-order valence-corrected chi connectivity index (χ0v) is 11.5. The molecule has 0 saturated carbocycles. The van der Waals surface area contributed by atoms with Crippen LogP contribution in [-0.2, 0) is 6.42 Å². The molecular formula is C15H19NS. The third-order valence-corrected chi connectivity index (χ3v) is 4.24. The highest BCUT2D eigenvalue weighted by molar-refractivity contribution is 7.10. The fraction of sp³-hybridized carbons (Fsp3) is 0.333. The average Bonchev–Trinajstić information content (AvgIpc) is 2.76. The second-order valence-electron chi connectivity index (χ2n) is 4.38. The molecule has 0 spiro atoms. The van der Waals surface area contributed by atoms with Crippen molar-refractivity contribution >= 4 is 17.0 Å². The fourth-order valence-electron chi connectivity index (χ4n) is 1.98. The Kier molecular flexibility index (Phi) is 3.85. The predicted molar refractivity (Wildman–Crippen MR) is 76.9 cm³/mol. The van der Waals surface area contributed by atoms with Gasteiger partial charge in [0, 0.05) is 10.6 Å². The minimum atomic E-state index is 0.377. The summed E-state index contributed by atoms with van der Waals surface area (Å²) in [5, 5.41) is 5.70. The first-order chi connectivity index (χ1) is 8.20. The lowest BCUT2D eigenvalue weighted by Gasteiger charge is -2.15. The van der Waals surface area contributed by atoms with Crippen LogP contribution < -0.4 is 5.32 Å².